The first-order chi connectivity index (χ1) is 16.0. The Bertz CT molecular complexity index is 1040. The Balaban J connectivity index is 2.38. The van der Waals surface area contributed by atoms with Crippen LogP contribution in [0.3, 0.4) is 0 Å². The molecule has 0 saturated carbocycles. The number of aliphatic hydroxyl groups excluding tert-OH is 2. The number of aliphatic hydroxyl groups is 2. The number of benzene rings is 2. The van der Waals surface area contributed by atoms with Crippen molar-refractivity contribution in [1.29, 1.82) is 0 Å². The molecule has 2 unspecified atom stereocenters. The number of hydrogen-bond donors (Lipinski definition) is 2. The van der Waals surface area contributed by atoms with Gasteiger partial charge < -0.3 is 0 Å². The van der Waals surface area contributed by atoms with Crippen LogP contribution in [0.5, 0.6) is 0 Å². The van der Waals surface area contributed by atoms with Crippen molar-refractivity contribution in [1.82, 2.24) is 0 Å². The number of carbonyl (C=O) groups excluding carboxylic acids is 1. The second-order valence-electron chi connectivity index (χ2n) is 8.51. The van der Waals surface area contributed by atoms with Crippen LogP contribution in [0.1, 0.15) is 75.0 Å². The molecular formula is C26H36I2O5S-2. The molecular weight excluding hydrogens is 678 g/mol. The van der Waals surface area contributed by atoms with Crippen molar-refractivity contribution in [2.24, 2.45) is 0 Å². The summed E-state index contributed by atoms with van der Waals surface area (Å²) in [6.07, 6.45) is 0.592. The number of carbonyl (C=O) groups is 1. The van der Waals surface area contributed by atoms with Crippen LogP contribution in [0, 0.1) is 14.1 Å². The first kappa shape index (κ1) is 29.7. The summed E-state index contributed by atoms with van der Waals surface area (Å²) in [5.74, 6) is -0.895. The van der Waals surface area contributed by atoms with Crippen molar-refractivity contribution in [2.75, 3.05) is 14.6 Å². The Hall–Kier alpha value is -0.560. The molecule has 0 fully saturated rings. The maximum atomic E-state index is 13.2. The van der Waals surface area contributed by atoms with Crippen LogP contribution in [-0.4, -0.2) is 39.0 Å². The standard InChI is InChI=1S/C26H36I2O5S/c1-6-8-27-25-10-17(3)11-26(28-9-7-2)24(25)15-22(31)16-34(32,33)23-13-20(18(4)29)12-21(14-23)19(5)30/h10-14,18-19,29-30H,6-9,15-16H2,1-5H3/q-2. The minimum atomic E-state index is -3.91. The summed E-state index contributed by atoms with van der Waals surface area (Å²) in [4.78, 5) is 13.1. The molecule has 192 valence electrons. The van der Waals surface area contributed by atoms with Crippen molar-refractivity contribution >= 4 is 15.6 Å². The van der Waals surface area contributed by atoms with E-state index in [2.05, 4.69) is 32.9 Å². The molecule has 2 atom stereocenters. The molecule has 0 aliphatic rings. The summed E-state index contributed by atoms with van der Waals surface area (Å²) >= 11 is -0.437. The normalized spacial score (nSPS) is 13.9. The molecule has 2 N–H and O–H groups in total. The van der Waals surface area contributed by atoms with Gasteiger partial charge >= 0.3 is 227 Å². The first-order valence-electron chi connectivity index (χ1n) is 11.6. The number of aryl methyl sites for hydroxylation is 1. The third-order valence-corrected chi connectivity index (χ3v) is 13.6. The number of alkyl halides is 2. The number of rotatable bonds is 13. The van der Waals surface area contributed by atoms with E-state index in [-0.39, 0.29) is 59.5 Å². The van der Waals surface area contributed by atoms with Crippen molar-refractivity contribution in [3.63, 3.8) is 0 Å². The van der Waals surface area contributed by atoms with E-state index in [1.807, 2.05) is 0 Å². The summed E-state index contributed by atoms with van der Waals surface area (Å²) in [6, 6.07) is 8.79. The molecule has 34 heavy (non-hydrogen) atoms. The van der Waals surface area contributed by atoms with Gasteiger partial charge in [0.2, 0.25) is 0 Å². The van der Waals surface area contributed by atoms with Gasteiger partial charge in [-0.25, -0.2) is 0 Å². The Kier molecular flexibility index (Phi) is 11.9. The van der Waals surface area contributed by atoms with E-state index in [0.29, 0.717) is 11.1 Å². The molecule has 8 heteroatoms. The summed E-state index contributed by atoms with van der Waals surface area (Å²) in [6.45, 7) is 9.52. The fraction of sp³-hybridized carbons (Fsp3) is 0.500. The summed E-state index contributed by atoms with van der Waals surface area (Å²) in [5, 5.41) is 20.0. The molecule has 2 aromatic carbocycles. The van der Waals surface area contributed by atoms with Crippen LogP contribution in [0.4, 0.5) is 0 Å². The average Bonchev–Trinajstić information content (AvgIpc) is 2.76. The minimum absolute atomic E-state index is 0.0312. The van der Waals surface area contributed by atoms with Gasteiger partial charge in [-0.1, -0.05) is 0 Å². The van der Waals surface area contributed by atoms with E-state index in [9.17, 15) is 23.4 Å². The zero-order chi connectivity index (χ0) is 25.5. The van der Waals surface area contributed by atoms with Gasteiger partial charge in [0.15, 0.2) is 0 Å². The van der Waals surface area contributed by atoms with Gasteiger partial charge in [-0.2, -0.15) is 0 Å². The maximum absolute atomic E-state index is 13.2. The molecule has 0 heterocycles. The second-order valence-corrected chi connectivity index (χ2v) is 16.5. The van der Waals surface area contributed by atoms with Crippen LogP contribution in [0.2, 0.25) is 0 Å². The molecule has 5 nitrogen and oxygen atoms in total. The van der Waals surface area contributed by atoms with E-state index in [0.717, 1.165) is 27.3 Å². The topological polar surface area (TPSA) is 91.7 Å². The van der Waals surface area contributed by atoms with E-state index < -0.39 is 27.8 Å². The van der Waals surface area contributed by atoms with E-state index >= 15 is 0 Å². The molecule has 0 saturated heterocycles. The SMILES string of the molecule is CCC[I-]c1cc(C)cc([I-]CCC)c1CC(=O)CS(=O)(=O)c1cc(C(C)O)cc(C(C)O)c1. The van der Waals surface area contributed by atoms with Gasteiger partial charge in [-0.15, -0.1) is 0 Å². The molecule has 2 aromatic rings. The third-order valence-electron chi connectivity index (χ3n) is 5.14. The molecule has 0 aliphatic carbocycles. The van der Waals surface area contributed by atoms with Crippen LogP contribution in [0.15, 0.2) is 35.2 Å². The molecule has 0 bridgehead atoms. The fourth-order valence-electron chi connectivity index (χ4n) is 3.38. The van der Waals surface area contributed by atoms with Crippen LogP contribution in [0.25, 0.3) is 0 Å². The van der Waals surface area contributed by atoms with Crippen LogP contribution >= 0.6 is 0 Å². The van der Waals surface area contributed by atoms with E-state index in [1.54, 1.807) is 19.9 Å². The average molecular weight is 714 g/mol. The number of ketones is 1. The predicted molar refractivity (Wildman–Crippen MR) is 127 cm³/mol. The monoisotopic (exact) mass is 714 g/mol. The number of hydrogen-bond acceptors (Lipinski definition) is 5. The zero-order valence-corrected chi connectivity index (χ0v) is 25.7. The fourth-order valence-corrected chi connectivity index (χ4v) is 10.8. The van der Waals surface area contributed by atoms with Gasteiger partial charge in [0.25, 0.3) is 0 Å². The Morgan fingerprint density at radius 1 is 0.882 bits per heavy atom. The van der Waals surface area contributed by atoms with Crippen molar-refractivity contribution < 1.29 is 65.8 Å². The number of sulfone groups is 1. The van der Waals surface area contributed by atoms with Gasteiger partial charge in [0.05, 0.1) is 0 Å². The molecule has 0 spiro atoms. The number of Topliss-reactive ketones (excluding diaryl/α,β-unsaturated/α-hetero) is 1. The second kappa shape index (κ2) is 13.7. The van der Waals surface area contributed by atoms with Gasteiger partial charge in [-0.3, -0.25) is 0 Å². The quantitative estimate of drug-likeness (QED) is 0.186. The Labute approximate surface area is 225 Å². The van der Waals surface area contributed by atoms with Crippen LogP contribution in [-0.2, 0) is 21.1 Å². The van der Waals surface area contributed by atoms with Crippen LogP contribution < -0.4 is 42.4 Å². The molecule has 2 rings (SSSR count). The van der Waals surface area contributed by atoms with Crippen molar-refractivity contribution in [2.45, 2.75) is 71.0 Å². The van der Waals surface area contributed by atoms with Gasteiger partial charge in [-0.05, 0) is 0 Å². The summed E-state index contributed by atoms with van der Waals surface area (Å²) < 4.78 is 31.2. The summed E-state index contributed by atoms with van der Waals surface area (Å²) in [7, 11) is -3.91. The molecule has 0 aromatic heterocycles. The molecule has 0 aliphatic heterocycles. The Morgan fingerprint density at radius 2 is 1.35 bits per heavy atom. The van der Waals surface area contributed by atoms with Gasteiger partial charge in [0.1, 0.15) is 0 Å². The third kappa shape index (κ3) is 8.53. The zero-order valence-electron chi connectivity index (χ0n) is 20.6. The molecule has 0 radical (unpaired) electrons. The first-order valence-corrected chi connectivity index (χ1v) is 18.4. The summed E-state index contributed by atoms with van der Waals surface area (Å²) in [5.41, 5.74) is 3.11. The predicted octanol–water partition coefficient (Wildman–Crippen LogP) is -1.98. The van der Waals surface area contributed by atoms with E-state index in [1.165, 1.54) is 24.8 Å². The van der Waals surface area contributed by atoms with Gasteiger partial charge in [0, 0.05) is 0 Å². The van der Waals surface area contributed by atoms with Crippen molar-refractivity contribution in [3.8, 4) is 0 Å². The van der Waals surface area contributed by atoms with E-state index in [4.69, 9.17) is 0 Å². The molecule has 0 amide bonds. The van der Waals surface area contributed by atoms with Crippen molar-refractivity contribution in [3.05, 3.63) is 59.7 Å². The number of halogens is 2. The Morgan fingerprint density at radius 3 is 1.76 bits per heavy atom.